The summed E-state index contributed by atoms with van der Waals surface area (Å²) in [5.74, 6) is 2.01. The zero-order valence-electron chi connectivity index (χ0n) is 19.2. The fraction of sp³-hybridized carbons (Fsp3) is 0.423. The highest BCUT2D eigenvalue weighted by Crippen LogP contribution is 2.38. The van der Waals surface area contributed by atoms with Crippen LogP contribution in [0.15, 0.2) is 42.6 Å². The molecule has 1 amide bonds. The molecule has 2 aromatic carbocycles. The molecule has 0 bridgehead atoms. The number of nitrogens with zero attached hydrogens (tertiary/aromatic N) is 3. The van der Waals surface area contributed by atoms with Gasteiger partial charge in [-0.05, 0) is 49.8 Å². The van der Waals surface area contributed by atoms with Crippen molar-refractivity contribution in [2.24, 2.45) is 5.92 Å². The molecule has 1 heterocycles. The lowest BCUT2D eigenvalue weighted by molar-refractivity contribution is 0.0933. The summed E-state index contributed by atoms with van der Waals surface area (Å²) in [6.45, 7) is 0.900. The summed E-state index contributed by atoms with van der Waals surface area (Å²) >= 11 is 0. The second kappa shape index (κ2) is 9.25. The molecule has 0 atom stereocenters. The molecule has 1 N–H and O–H groups in total. The van der Waals surface area contributed by atoms with E-state index in [9.17, 15) is 4.79 Å². The minimum absolute atomic E-state index is 0.144. The van der Waals surface area contributed by atoms with Crippen LogP contribution in [0.5, 0.6) is 11.5 Å². The summed E-state index contributed by atoms with van der Waals surface area (Å²) in [6.07, 6.45) is 8.45. The highest BCUT2D eigenvalue weighted by molar-refractivity contribution is 5.94. The molecule has 0 unspecified atom stereocenters. The highest BCUT2D eigenvalue weighted by Gasteiger charge is 2.26. The summed E-state index contributed by atoms with van der Waals surface area (Å²) in [4.78, 5) is 24.2. The number of benzene rings is 2. The number of anilines is 2. The number of nitrogens with one attached hydrogen (secondary N) is 1. The van der Waals surface area contributed by atoms with Gasteiger partial charge < -0.3 is 19.7 Å². The Bertz CT molecular complexity index is 1130. The minimum Gasteiger partial charge on any atom is -0.497 e. The van der Waals surface area contributed by atoms with E-state index in [0.29, 0.717) is 17.1 Å². The number of methoxy groups -OCH3 is 2. The van der Waals surface area contributed by atoms with Crippen LogP contribution in [-0.2, 0) is 0 Å². The Labute approximate surface area is 194 Å². The zero-order chi connectivity index (χ0) is 22.8. The molecule has 1 aromatic heterocycles. The zero-order valence-corrected chi connectivity index (χ0v) is 19.2. The second-order valence-corrected chi connectivity index (χ2v) is 9.01. The average molecular weight is 447 g/mol. The largest absolute Gasteiger partial charge is 0.497 e. The number of fused-ring (bicyclic) bond motifs is 1. The number of hydrogen-bond acceptors (Lipinski definition) is 6. The van der Waals surface area contributed by atoms with Crippen molar-refractivity contribution in [3.8, 4) is 11.5 Å². The normalized spacial score (nSPS) is 16.1. The van der Waals surface area contributed by atoms with Crippen molar-refractivity contribution in [2.75, 3.05) is 25.7 Å². The predicted molar refractivity (Wildman–Crippen MR) is 129 cm³/mol. The van der Waals surface area contributed by atoms with Gasteiger partial charge in [0.1, 0.15) is 17.2 Å². The maximum absolute atomic E-state index is 12.7. The molecular weight excluding hydrogens is 416 g/mol. The van der Waals surface area contributed by atoms with E-state index in [0.717, 1.165) is 47.8 Å². The van der Waals surface area contributed by atoms with Crippen molar-refractivity contribution in [1.29, 1.82) is 0 Å². The first-order valence-electron chi connectivity index (χ1n) is 11.7. The van der Waals surface area contributed by atoms with Gasteiger partial charge in [0.15, 0.2) is 0 Å². The van der Waals surface area contributed by atoms with Gasteiger partial charge >= 0.3 is 0 Å². The lowest BCUT2D eigenvalue weighted by Gasteiger charge is -2.26. The molecule has 2 aliphatic rings. The quantitative estimate of drug-likeness (QED) is 0.532. The standard InChI is InChI=1S/C26H30N4O3/c1-32-21-11-20(12-22(14-21)33-2)30(16-17-7-8-17)19-9-10-23-24(13-19)29-25(15-27-23)26(31)28-18-5-3-4-6-18/h9-15,17-18H,3-8,16H2,1-2H3,(H,28,31). The van der Waals surface area contributed by atoms with E-state index in [2.05, 4.69) is 26.3 Å². The summed E-state index contributed by atoms with van der Waals surface area (Å²) in [5, 5.41) is 3.10. The number of ether oxygens (including phenoxy) is 2. The Morgan fingerprint density at radius 1 is 0.970 bits per heavy atom. The molecule has 7 heteroatoms. The lowest BCUT2D eigenvalue weighted by Crippen LogP contribution is -2.33. The molecule has 2 fully saturated rings. The summed E-state index contributed by atoms with van der Waals surface area (Å²) < 4.78 is 11.0. The first kappa shape index (κ1) is 21.5. The topological polar surface area (TPSA) is 76.6 Å². The molecule has 7 nitrogen and oxygen atoms in total. The number of hydrogen-bond donors (Lipinski definition) is 1. The van der Waals surface area contributed by atoms with E-state index in [-0.39, 0.29) is 11.9 Å². The third-order valence-electron chi connectivity index (χ3n) is 6.55. The van der Waals surface area contributed by atoms with Crippen LogP contribution in [-0.4, -0.2) is 42.7 Å². The van der Waals surface area contributed by atoms with Crippen LogP contribution in [0.25, 0.3) is 11.0 Å². The van der Waals surface area contributed by atoms with E-state index in [1.165, 1.54) is 25.7 Å². The van der Waals surface area contributed by atoms with Crippen molar-refractivity contribution < 1.29 is 14.3 Å². The number of amides is 1. The second-order valence-electron chi connectivity index (χ2n) is 9.01. The van der Waals surface area contributed by atoms with Crippen LogP contribution >= 0.6 is 0 Å². The van der Waals surface area contributed by atoms with E-state index in [1.807, 2.05) is 30.3 Å². The van der Waals surface area contributed by atoms with Crippen LogP contribution < -0.4 is 19.7 Å². The number of carbonyl (C=O) groups is 1. The summed E-state index contributed by atoms with van der Waals surface area (Å²) in [7, 11) is 3.32. The number of rotatable bonds is 8. The van der Waals surface area contributed by atoms with Crippen LogP contribution in [0.2, 0.25) is 0 Å². The number of carbonyl (C=O) groups excluding carboxylic acids is 1. The van der Waals surface area contributed by atoms with E-state index >= 15 is 0 Å². The predicted octanol–water partition coefficient (Wildman–Crippen LogP) is 4.87. The Morgan fingerprint density at radius 3 is 2.36 bits per heavy atom. The maximum Gasteiger partial charge on any atom is 0.271 e. The Kier molecular flexibility index (Phi) is 6.03. The number of aromatic nitrogens is 2. The Morgan fingerprint density at radius 2 is 1.70 bits per heavy atom. The Balaban J connectivity index is 1.48. The van der Waals surface area contributed by atoms with E-state index < -0.39 is 0 Å². The van der Waals surface area contributed by atoms with Gasteiger partial charge in [0.05, 0.1) is 31.4 Å². The molecule has 0 aliphatic heterocycles. The third-order valence-corrected chi connectivity index (χ3v) is 6.55. The first-order valence-corrected chi connectivity index (χ1v) is 11.7. The molecular formula is C26H30N4O3. The molecule has 0 spiro atoms. The van der Waals surface area contributed by atoms with E-state index in [1.54, 1.807) is 20.4 Å². The van der Waals surface area contributed by atoms with Crippen LogP contribution in [0, 0.1) is 5.92 Å². The summed E-state index contributed by atoms with van der Waals surface area (Å²) in [5.41, 5.74) is 3.85. The van der Waals surface area contributed by atoms with Gasteiger partial charge in [0.2, 0.25) is 0 Å². The van der Waals surface area contributed by atoms with Crippen molar-refractivity contribution in [1.82, 2.24) is 15.3 Å². The molecule has 2 aliphatic carbocycles. The lowest BCUT2D eigenvalue weighted by atomic mass is 10.1. The molecule has 5 rings (SSSR count). The highest BCUT2D eigenvalue weighted by atomic mass is 16.5. The Hall–Kier alpha value is -3.35. The molecule has 2 saturated carbocycles. The molecule has 33 heavy (non-hydrogen) atoms. The van der Waals surface area contributed by atoms with Gasteiger partial charge in [0.25, 0.3) is 5.91 Å². The van der Waals surface area contributed by atoms with Crippen LogP contribution in [0.3, 0.4) is 0 Å². The minimum atomic E-state index is -0.144. The smallest absolute Gasteiger partial charge is 0.271 e. The van der Waals surface area contributed by atoms with Crippen molar-refractivity contribution in [3.05, 3.63) is 48.3 Å². The van der Waals surface area contributed by atoms with Gasteiger partial charge in [-0.2, -0.15) is 0 Å². The first-order chi connectivity index (χ1) is 16.1. The molecule has 0 saturated heterocycles. The summed E-state index contributed by atoms with van der Waals surface area (Å²) in [6, 6.07) is 12.2. The third kappa shape index (κ3) is 4.87. The molecule has 3 aromatic rings. The van der Waals surface area contributed by atoms with Gasteiger partial charge in [0, 0.05) is 42.2 Å². The van der Waals surface area contributed by atoms with Crippen molar-refractivity contribution in [3.63, 3.8) is 0 Å². The SMILES string of the molecule is COc1cc(OC)cc(N(CC2CC2)c2ccc3ncc(C(=O)NC4CCCC4)nc3c2)c1. The molecule has 172 valence electrons. The monoisotopic (exact) mass is 446 g/mol. The fourth-order valence-electron chi connectivity index (χ4n) is 4.47. The van der Waals surface area contributed by atoms with E-state index in [4.69, 9.17) is 9.47 Å². The van der Waals surface area contributed by atoms with Gasteiger partial charge in [-0.3, -0.25) is 9.78 Å². The van der Waals surface area contributed by atoms with Crippen LogP contribution in [0.1, 0.15) is 49.0 Å². The maximum atomic E-state index is 12.7. The average Bonchev–Trinajstić information content (AvgIpc) is 3.54. The van der Waals surface area contributed by atoms with Gasteiger partial charge in [-0.15, -0.1) is 0 Å². The van der Waals surface area contributed by atoms with Gasteiger partial charge in [-0.25, -0.2) is 4.98 Å². The van der Waals surface area contributed by atoms with Crippen LogP contribution in [0.4, 0.5) is 11.4 Å². The van der Waals surface area contributed by atoms with Gasteiger partial charge in [-0.1, -0.05) is 12.8 Å². The fourth-order valence-corrected chi connectivity index (χ4v) is 4.47. The van der Waals surface area contributed by atoms with Crippen molar-refractivity contribution >= 4 is 28.3 Å². The molecule has 0 radical (unpaired) electrons. The van der Waals surface area contributed by atoms with Crippen molar-refractivity contribution in [2.45, 2.75) is 44.6 Å².